The number of nitrogens with zero attached hydrogens (tertiary/aromatic N) is 2. The first-order chi connectivity index (χ1) is 10.1. The van der Waals surface area contributed by atoms with E-state index in [2.05, 4.69) is 11.8 Å². The first-order valence-electron chi connectivity index (χ1n) is 7.43. The normalized spacial score (nSPS) is 21.9. The summed E-state index contributed by atoms with van der Waals surface area (Å²) in [6.45, 7) is 4.17. The molecule has 0 spiro atoms. The molecule has 2 unspecified atom stereocenters. The predicted octanol–water partition coefficient (Wildman–Crippen LogP) is 3.20. The maximum absolute atomic E-state index is 11.2. The Morgan fingerprint density at radius 3 is 2.86 bits per heavy atom. The van der Waals surface area contributed by atoms with Crippen molar-refractivity contribution in [1.29, 1.82) is 0 Å². The summed E-state index contributed by atoms with van der Waals surface area (Å²) >= 11 is 6.00. The Balaban J connectivity index is 2.22. The van der Waals surface area contributed by atoms with Gasteiger partial charge in [-0.05, 0) is 44.0 Å². The molecule has 1 aliphatic carbocycles. The summed E-state index contributed by atoms with van der Waals surface area (Å²) in [6, 6.07) is 5.17. The smallest absolute Gasteiger partial charge is 0.273 e. The molecule has 1 saturated carbocycles. The lowest BCUT2D eigenvalue weighted by atomic mass is 10.0. The summed E-state index contributed by atoms with van der Waals surface area (Å²) < 4.78 is 0. The number of nitrogens with two attached hydrogens (primary N) is 1. The molecule has 0 saturated heterocycles. The molecule has 0 radical (unpaired) electrons. The van der Waals surface area contributed by atoms with Gasteiger partial charge in [0.25, 0.3) is 5.69 Å². The minimum atomic E-state index is -0.339. The zero-order chi connectivity index (χ0) is 15.4. The Morgan fingerprint density at radius 1 is 1.48 bits per heavy atom. The molecule has 1 fully saturated rings. The largest absolute Gasteiger partial charge is 0.330 e. The van der Waals surface area contributed by atoms with Gasteiger partial charge in [0.1, 0.15) is 0 Å². The van der Waals surface area contributed by atoms with Gasteiger partial charge in [-0.3, -0.25) is 15.0 Å². The molecule has 0 amide bonds. The molecule has 0 bridgehead atoms. The van der Waals surface area contributed by atoms with E-state index in [4.69, 9.17) is 17.3 Å². The Bertz CT molecular complexity index is 510. The molecular formula is C15H22ClN3O2. The third-order valence-corrected chi connectivity index (χ3v) is 4.64. The number of hydrogen-bond donors (Lipinski definition) is 1. The summed E-state index contributed by atoms with van der Waals surface area (Å²) in [6.07, 6.45) is 3.44. The highest BCUT2D eigenvalue weighted by Crippen LogP contribution is 2.32. The number of hydrogen-bond acceptors (Lipinski definition) is 4. The van der Waals surface area contributed by atoms with Gasteiger partial charge in [-0.15, -0.1) is 0 Å². The Hall–Kier alpha value is -1.17. The van der Waals surface area contributed by atoms with Gasteiger partial charge in [-0.25, -0.2) is 0 Å². The van der Waals surface area contributed by atoms with E-state index in [1.54, 1.807) is 12.1 Å². The van der Waals surface area contributed by atoms with E-state index >= 15 is 0 Å². The van der Waals surface area contributed by atoms with E-state index in [9.17, 15) is 10.1 Å². The molecule has 0 aliphatic heterocycles. The monoisotopic (exact) mass is 311 g/mol. The van der Waals surface area contributed by atoms with Crippen molar-refractivity contribution in [3.63, 3.8) is 0 Å². The van der Waals surface area contributed by atoms with Crippen LogP contribution in [0.5, 0.6) is 0 Å². The molecule has 1 aromatic carbocycles. The van der Waals surface area contributed by atoms with Gasteiger partial charge < -0.3 is 5.73 Å². The first-order valence-corrected chi connectivity index (χ1v) is 7.81. The highest BCUT2D eigenvalue weighted by molar-refractivity contribution is 6.30. The second kappa shape index (κ2) is 7.20. The average Bonchev–Trinajstić information content (AvgIpc) is 2.92. The Kier molecular flexibility index (Phi) is 5.56. The van der Waals surface area contributed by atoms with Gasteiger partial charge in [-0.2, -0.15) is 0 Å². The minimum absolute atomic E-state index is 0.139. The molecule has 0 heterocycles. The quantitative estimate of drug-likeness (QED) is 0.647. The van der Waals surface area contributed by atoms with Crippen LogP contribution < -0.4 is 5.73 Å². The van der Waals surface area contributed by atoms with Gasteiger partial charge in [0.05, 0.1) is 4.92 Å². The molecule has 2 rings (SSSR count). The second-order valence-corrected chi connectivity index (χ2v) is 6.02. The number of rotatable bonds is 6. The molecule has 1 aliphatic rings. The van der Waals surface area contributed by atoms with Crippen LogP contribution in [0.15, 0.2) is 18.2 Å². The lowest BCUT2D eigenvalue weighted by molar-refractivity contribution is -0.385. The van der Waals surface area contributed by atoms with Gasteiger partial charge in [-0.1, -0.05) is 24.9 Å². The standard InChI is InChI=1S/C15H22ClN3O2/c1-2-18(14-5-3-4-11(14)9-17)10-12-8-13(16)6-7-15(12)19(20)21/h6-8,11,14H,2-5,9-10,17H2,1H3. The Labute approximate surface area is 130 Å². The molecule has 2 N–H and O–H groups in total. The highest BCUT2D eigenvalue weighted by Gasteiger charge is 2.31. The van der Waals surface area contributed by atoms with E-state index in [1.807, 2.05) is 0 Å². The molecule has 6 heteroatoms. The third-order valence-electron chi connectivity index (χ3n) is 4.41. The fourth-order valence-electron chi connectivity index (χ4n) is 3.31. The summed E-state index contributed by atoms with van der Waals surface area (Å²) in [5.74, 6) is 0.489. The van der Waals surface area contributed by atoms with Crippen LogP contribution in [0.4, 0.5) is 5.69 Å². The highest BCUT2D eigenvalue weighted by atomic mass is 35.5. The second-order valence-electron chi connectivity index (χ2n) is 5.59. The van der Waals surface area contributed by atoms with Crippen LogP contribution in [-0.2, 0) is 6.54 Å². The number of benzene rings is 1. The summed E-state index contributed by atoms with van der Waals surface area (Å²) in [4.78, 5) is 13.1. The number of halogens is 1. The van der Waals surface area contributed by atoms with Crippen LogP contribution in [0.2, 0.25) is 5.02 Å². The number of nitro benzene ring substituents is 1. The lowest BCUT2D eigenvalue weighted by Crippen LogP contribution is -2.39. The van der Waals surface area contributed by atoms with Gasteiger partial charge in [0.2, 0.25) is 0 Å². The van der Waals surface area contributed by atoms with Crippen molar-refractivity contribution < 1.29 is 4.92 Å². The molecule has 21 heavy (non-hydrogen) atoms. The summed E-state index contributed by atoms with van der Waals surface area (Å²) in [5, 5.41) is 11.7. The van der Waals surface area contributed by atoms with Crippen LogP contribution in [0.3, 0.4) is 0 Å². The van der Waals surface area contributed by atoms with Crippen molar-refractivity contribution in [3.8, 4) is 0 Å². The molecule has 116 valence electrons. The van der Waals surface area contributed by atoms with Gasteiger partial charge in [0, 0.05) is 29.2 Å². The molecule has 2 atom stereocenters. The van der Waals surface area contributed by atoms with Crippen molar-refractivity contribution in [2.75, 3.05) is 13.1 Å². The predicted molar refractivity (Wildman–Crippen MR) is 84.4 cm³/mol. The minimum Gasteiger partial charge on any atom is -0.330 e. The van der Waals surface area contributed by atoms with Gasteiger partial charge >= 0.3 is 0 Å². The fourth-order valence-corrected chi connectivity index (χ4v) is 3.51. The summed E-state index contributed by atoms with van der Waals surface area (Å²) in [7, 11) is 0. The number of nitro groups is 1. The van der Waals surface area contributed by atoms with Crippen LogP contribution in [-0.4, -0.2) is 29.0 Å². The van der Waals surface area contributed by atoms with Crippen LogP contribution in [0.1, 0.15) is 31.7 Å². The topological polar surface area (TPSA) is 72.4 Å². The third kappa shape index (κ3) is 3.73. The average molecular weight is 312 g/mol. The molecule has 0 aromatic heterocycles. The SMILES string of the molecule is CCN(Cc1cc(Cl)ccc1[N+](=O)[O-])C1CCCC1CN. The maximum atomic E-state index is 11.2. The van der Waals surface area contributed by atoms with E-state index < -0.39 is 0 Å². The van der Waals surface area contributed by atoms with E-state index in [0.717, 1.165) is 19.4 Å². The van der Waals surface area contributed by atoms with E-state index in [-0.39, 0.29) is 10.6 Å². The Morgan fingerprint density at radius 2 is 2.24 bits per heavy atom. The van der Waals surface area contributed by atoms with Crippen molar-refractivity contribution in [3.05, 3.63) is 38.9 Å². The molecule has 5 nitrogen and oxygen atoms in total. The first kappa shape index (κ1) is 16.2. The van der Waals surface area contributed by atoms with Crippen molar-refractivity contribution in [2.24, 2.45) is 11.7 Å². The van der Waals surface area contributed by atoms with E-state index in [0.29, 0.717) is 35.6 Å². The fraction of sp³-hybridized carbons (Fsp3) is 0.600. The summed E-state index contributed by atoms with van der Waals surface area (Å²) in [5.41, 5.74) is 6.67. The molecule has 1 aromatic rings. The van der Waals surface area contributed by atoms with Crippen LogP contribution >= 0.6 is 11.6 Å². The van der Waals surface area contributed by atoms with Crippen LogP contribution in [0, 0.1) is 16.0 Å². The molecular weight excluding hydrogens is 290 g/mol. The lowest BCUT2D eigenvalue weighted by Gasteiger charge is -2.31. The van der Waals surface area contributed by atoms with Gasteiger partial charge in [0.15, 0.2) is 0 Å². The van der Waals surface area contributed by atoms with Crippen molar-refractivity contribution >= 4 is 17.3 Å². The van der Waals surface area contributed by atoms with E-state index in [1.165, 1.54) is 12.5 Å². The van der Waals surface area contributed by atoms with Crippen molar-refractivity contribution in [2.45, 2.75) is 38.8 Å². The maximum Gasteiger partial charge on any atom is 0.273 e. The zero-order valence-corrected chi connectivity index (χ0v) is 13.1. The van der Waals surface area contributed by atoms with Crippen LogP contribution in [0.25, 0.3) is 0 Å². The van der Waals surface area contributed by atoms with Crippen molar-refractivity contribution in [1.82, 2.24) is 4.90 Å². The zero-order valence-electron chi connectivity index (χ0n) is 12.3.